The van der Waals surface area contributed by atoms with E-state index in [4.69, 9.17) is 34.3 Å². The molecule has 2 aliphatic rings. The lowest BCUT2D eigenvalue weighted by atomic mass is 9.98. The van der Waals surface area contributed by atoms with Gasteiger partial charge < -0.3 is 24.3 Å². The SMILES string of the molecule is CC1c2ncc(COc3cccnc3)n2CCN1CC1CCOCC1.O=C(O)C(F)(F)F.O=C(O)C(F)(F)F. The van der Waals surface area contributed by atoms with E-state index in [-0.39, 0.29) is 0 Å². The highest BCUT2D eigenvalue weighted by Crippen LogP contribution is 2.28. The third-order valence-electron chi connectivity index (χ3n) is 5.84. The van der Waals surface area contributed by atoms with Gasteiger partial charge in [-0.05, 0) is 37.8 Å². The Labute approximate surface area is 219 Å². The number of aliphatic carboxylic acids is 2. The summed E-state index contributed by atoms with van der Waals surface area (Å²) < 4.78 is 77.1. The quantitative estimate of drug-likeness (QED) is 0.514. The van der Waals surface area contributed by atoms with Gasteiger partial charge in [0, 0.05) is 39.0 Å². The largest absolute Gasteiger partial charge is 0.490 e. The third kappa shape index (κ3) is 10.4. The molecule has 16 heteroatoms. The Balaban J connectivity index is 0.000000317. The van der Waals surface area contributed by atoms with E-state index in [1.165, 1.54) is 12.8 Å². The molecule has 0 radical (unpaired) electrons. The molecule has 0 aliphatic carbocycles. The van der Waals surface area contributed by atoms with Gasteiger partial charge in [-0.15, -0.1) is 0 Å². The highest BCUT2D eigenvalue weighted by atomic mass is 19.4. The minimum atomic E-state index is -5.08. The molecule has 0 amide bonds. The normalized spacial score (nSPS) is 18.1. The van der Waals surface area contributed by atoms with E-state index in [1.807, 2.05) is 18.3 Å². The van der Waals surface area contributed by atoms with Gasteiger partial charge in [-0.3, -0.25) is 9.88 Å². The fourth-order valence-corrected chi connectivity index (χ4v) is 3.82. The molecule has 2 aromatic heterocycles. The van der Waals surface area contributed by atoms with Crippen LogP contribution in [0.5, 0.6) is 5.75 Å². The minimum Gasteiger partial charge on any atom is -0.486 e. The Hall–Kier alpha value is -3.40. The fourth-order valence-electron chi connectivity index (χ4n) is 3.82. The van der Waals surface area contributed by atoms with Crippen LogP contribution in [0.2, 0.25) is 0 Å². The van der Waals surface area contributed by atoms with Crippen molar-refractivity contribution >= 4 is 11.9 Å². The minimum absolute atomic E-state index is 0.351. The molecule has 0 saturated carbocycles. The first-order chi connectivity index (χ1) is 18.2. The van der Waals surface area contributed by atoms with Crippen molar-refractivity contribution in [2.45, 2.75) is 51.3 Å². The van der Waals surface area contributed by atoms with Crippen molar-refractivity contribution in [3.63, 3.8) is 0 Å². The molecule has 4 rings (SSSR count). The maximum atomic E-state index is 10.6. The molecule has 2 aliphatic heterocycles. The number of imidazole rings is 1. The molecule has 4 heterocycles. The summed E-state index contributed by atoms with van der Waals surface area (Å²) in [4.78, 5) is 29.1. The number of aromatic nitrogens is 3. The molecule has 0 spiro atoms. The number of carboxylic acid groups (broad SMARTS) is 2. The van der Waals surface area contributed by atoms with Gasteiger partial charge >= 0.3 is 24.3 Å². The molecule has 39 heavy (non-hydrogen) atoms. The Morgan fingerprint density at radius 3 is 2.15 bits per heavy atom. The van der Waals surface area contributed by atoms with E-state index >= 15 is 0 Å². The van der Waals surface area contributed by atoms with Crippen molar-refractivity contribution in [1.29, 1.82) is 0 Å². The molecule has 1 unspecified atom stereocenters. The number of pyridine rings is 1. The first-order valence-electron chi connectivity index (χ1n) is 11.7. The van der Waals surface area contributed by atoms with Crippen LogP contribution in [0.25, 0.3) is 0 Å². The van der Waals surface area contributed by atoms with E-state index in [0.29, 0.717) is 12.6 Å². The molecule has 10 nitrogen and oxygen atoms in total. The van der Waals surface area contributed by atoms with Crippen LogP contribution >= 0.6 is 0 Å². The van der Waals surface area contributed by atoms with Crippen molar-refractivity contribution in [3.05, 3.63) is 42.2 Å². The standard InChI is InChI=1S/C19H26N4O2.2C2HF3O2/c1-15-19-21-11-17(14-25-18-3-2-6-20-12-18)23(19)8-7-22(15)13-16-4-9-24-10-5-16;2*3-2(4,5)1(6)7/h2-3,6,11-12,15-16H,4-5,7-10,13-14H2,1H3;2*(H,6,7). The van der Waals surface area contributed by atoms with Crippen LogP contribution in [-0.2, 0) is 27.5 Å². The van der Waals surface area contributed by atoms with Crippen molar-refractivity contribution in [3.8, 4) is 5.75 Å². The second-order valence-electron chi connectivity index (χ2n) is 8.57. The van der Waals surface area contributed by atoms with Crippen molar-refractivity contribution < 1.29 is 55.6 Å². The predicted octanol–water partition coefficient (Wildman–Crippen LogP) is 3.93. The number of fused-ring (bicyclic) bond motifs is 1. The van der Waals surface area contributed by atoms with Crippen molar-refractivity contribution in [2.24, 2.45) is 5.92 Å². The van der Waals surface area contributed by atoms with Gasteiger partial charge in [0.2, 0.25) is 0 Å². The molecule has 0 aromatic carbocycles. The summed E-state index contributed by atoms with van der Waals surface area (Å²) in [6.07, 6.45) is -2.35. The average Bonchev–Trinajstić information content (AvgIpc) is 3.29. The Kier molecular flexibility index (Phi) is 11.5. The van der Waals surface area contributed by atoms with Crippen LogP contribution in [0.3, 0.4) is 0 Å². The molecule has 218 valence electrons. The highest BCUT2D eigenvalue weighted by molar-refractivity contribution is 5.73. The number of hydrogen-bond donors (Lipinski definition) is 2. The zero-order valence-corrected chi connectivity index (χ0v) is 20.8. The smallest absolute Gasteiger partial charge is 0.486 e. The van der Waals surface area contributed by atoms with Crippen LogP contribution in [0.15, 0.2) is 30.7 Å². The third-order valence-corrected chi connectivity index (χ3v) is 5.84. The van der Waals surface area contributed by atoms with Crippen LogP contribution < -0.4 is 4.74 Å². The molecule has 1 fully saturated rings. The highest BCUT2D eigenvalue weighted by Gasteiger charge is 2.39. The fraction of sp³-hybridized carbons (Fsp3) is 0.565. The number of hydrogen-bond acceptors (Lipinski definition) is 7. The van der Waals surface area contributed by atoms with Gasteiger partial charge in [0.1, 0.15) is 18.2 Å². The molecular weight excluding hydrogens is 542 g/mol. The predicted molar refractivity (Wildman–Crippen MR) is 122 cm³/mol. The lowest BCUT2D eigenvalue weighted by Crippen LogP contribution is -2.41. The summed E-state index contributed by atoms with van der Waals surface area (Å²) in [5, 5.41) is 14.2. The summed E-state index contributed by atoms with van der Waals surface area (Å²) in [6.45, 7) is 7.83. The van der Waals surface area contributed by atoms with Gasteiger partial charge in [-0.25, -0.2) is 14.6 Å². The lowest BCUT2D eigenvalue weighted by Gasteiger charge is -2.37. The van der Waals surface area contributed by atoms with Gasteiger partial charge in [0.15, 0.2) is 0 Å². The van der Waals surface area contributed by atoms with Gasteiger partial charge in [-0.2, -0.15) is 26.3 Å². The summed E-state index contributed by atoms with van der Waals surface area (Å²) in [7, 11) is 0. The molecule has 1 atom stereocenters. The second-order valence-corrected chi connectivity index (χ2v) is 8.57. The van der Waals surface area contributed by atoms with Gasteiger partial charge in [0.25, 0.3) is 0 Å². The summed E-state index contributed by atoms with van der Waals surface area (Å²) >= 11 is 0. The first-order valence-corrected chi connectivity index (χ1v) is 11.7. The van der Waals surface area contributed by atoms with E-state index in [9.17, 15) is 26.3 Å². The van der Waals surface area contributed by atoms with E-state index in [0.717, 1.165) is 56.0 Å². The van der Waals surface area contributed by atoms with Gasteiger partial charge in [-0.1, -0.05) is 0 Å². The molecular formula is C23H28F6N4O6. The lowest BCUT2D eigenvalue weighted by molar-refractivity contribution is -0.193. The number of halogens is 6. The van der Waals surface area contributed by atoms with Crippen LogP contribution in [-0.4, -0.2) is 80.2 Å². The summed E-state index contributed by atoms with van der Waals surface area (Å²) in [6, 6.07) is 4.17. The van der Waals surface area contributed by atoms with Crippen molar-refractivity contribution in [1.82, 2.24) is 19.4 Å². The van der Waals surface area contributed by atoms with Gasteiger partial charge in [0.05, 0.1) is 24.1 Å². The second kappa shape index (κ2) is 14.1. The van der Waals surface area contributed by atoms with E-state index < -0.39 is 24.3 Å². The van der Waals surface area contributed by atoms with E-state index in [1.54, 1.807) is 12.4 Å². The van der Waals surface area contributed by atoms with Crippen molar-refractivity contribution in [2.75, 3.05) is 26.3 Å². The van der Waals surface area contributed by atoms with Crippen LogP contribution in [0, 0.1) is 5.92 Å². The van der Waals surface area contributed by atoms with E-state index in [2.05, 4.69) is 21.4 Å². The zero-order valence-electron chi connectivity index (χ0n) is 20.8. The number of rotatable bonds is 5. The number of alkyl halides is 6. The number of carbonyl (C=O) groups is 2. The first kappa shape index (κ1) is 31.8. The van der Waals surface area contributed by atoms with Crippen LogP contribution in [0.1, 0.15) is 37.3 Å². The number of carboxylic acids is 2. The number of ether oxygens (including phenoxy) is 2. The molecule has 1 saturated heterocycles. The average molecular weight is 570 g/mol. The maximum absolute atomic E-state index is 10.6. The molecule has 2 aromatic rings. The Morgan fingerprint density at radius 2 is 1.64 bits per heavy atom. The Bertz CT molecular complexity index is 1030. The monoisotopic (exact) mass is 570 g/mol. The number of nitrogens with zero attached hydrogens (tertiary/aromatic N) is 4. The Morgan fingerprint density at radius 1 is 1.05 bits per heavy atom. The summed E-state index contributed by atoms with van der Waals surface area (Å²) in [5.41, 5.74) is 1.14. The molecule has 2 N–H and O–H groups in total. The van der Waals surface area contributed by atoms with Crippen LogP contribution in [0.4, 0.5) is 26.3 Å². The topological polar surface area (TPSA) is 127 Å². The summed E-state index contributed by atoms with van der Waals surface area (Å²) in [5.74, 6) is -2.81. The maximum Gasteiger partial charge on any atom is 0.490 e. The zero-order chi connectivity index (χ0) is 29.2. The molecule has 0 bridgehead atoms.